The van der Waals surface area contributed by atoms with E-state index >= 15 is 0 Å². The first-order chi connectivity index (χ1) is 11.6. The van der Waals surface area contributed by atoms with Crippen molar-refractivity contribution in [2.24, 2.45) is 11.8 Å². The van der Waals surface area contributed by atoms with Gasteiger partial charge in [0.15, 0.2) is 11.9 Å². The van der Waals surface area contributed by atoms with Gasteiger partial charge in [-0.05, 0) is 46.0 Å². The highest BCUT2D eigenvalue weighted by Gasteiger charge is 2.55. The van der Waals surface area contributed by atoms with Gasteiger partial charge in [0, 0.05) is 17.4 Å². The van der Waals surface area contributed by atoms with E-state index in [0.717, 1.165) is 6.42 Å². The van der Waals surface area contributed by atoms with Crippen LogP contribution in [-0.4, -0.2) is 40.3 Å². The number of carbonyl (C=O) groups excluding carboxylic acids is 2. The van der Waals surface area contributed by atoms with Crippen molar-refractivity contribution in [3.63, 3.8) is 0 Å². The molecule has 0 saturated carbocycles. The van der Waals surface area contributed by atoms with Crippen molar-refractivity contribution in [3.05, 3.63) is 24.3 Å². The summed E-state index contributed by atoms with van der Waals surface area (Å²) in [6.07, 6.45) is 6.26. The third kappa shape index (κ3) is 3.72. The first-order valence-electron chi connectivity index (χ1n) is 9.14. The number of hydrogen-bond donors (Lipinski definition) is 1. The number of carbonyl (C=O) groups is 2. The molecule has 2 heterocycles. The number of rotatable bonds is 0. The van der Waals surface area contributed by atoms with E-state index in [4.69, 9.17) is 9.47 Å². The zero-order valence-corrected chi connectivity index (χ0v) is 15.3. The van der Waals surface area contributed by atoms with Crippen LogP contribution in [0.25, 0.3) is 0 Å². The number of hydrogen-bond acceptors (Lipinski definition) is 5. The molecule has 1 aliphatic carbocycles. The van der Waals surface area contributed by atoms with Crippen LogP contribution in [0.3, 0.4) is 0 Å². The summed E-state index contributed by atoms with van der Waals surface area (Å²) in [5.41, 5.74) is -0.819. The van der Waals surface area contributed by atoms with Crippen LogP contribution in [0.15, 0.2) is 24.3 Å². The van der Waals surface area contributed by atoms with E-state index in [2.05, 4.69) is 6.58 Å². The molecule has 1 unspecified atom stereocenters. The lowest BCUT2D eigenvalue weighted by Crippen LogP contribution is -2.33. The Labute approximate surface area is 149 Å². The Bertz CT molecular complexity index is 620. The average molecular weight is 348 g/mol. The van der Waals surface area contributed by atoms with E-state index in [0.29, 0.717) is 31.3 Å². The minimum absolute atomic E-state index is 0.0353. The fraction of sp³-hybridized carbons (Fsp3) is 0.700. The number of ketones is 1. The molecule has 1 N–H and O–H groups in total. The van der Waals surface area contributed by atoms with Crippen LogP contribution in [0.2, 0.25) is 0 Å². The molecule has 0 spiro atoms. The highest BCUT2D eigenvalue weighted by Crippen LogP contribution is 2.47. The van der Waals surface area contributed by atoms with Gasteiger partial charge in [-0.15, -0.1) is 0 Å². The quantitative estimate of drug-likeness (QED) is 0.315. The zero-order chi connectivity index (χ0) is 18.4. The molecule has 0 radical (unpaired) electrons. The summed E-state index contributed by atoms with van der Waals surface area (Å²) < 4.78 is 11.2. The van der Waals surface area contributed by atoms with Gasteiger partial charge in [0.1, 0.15) is 0 Å². The Balaban J connectivity index is 1.83. The second kappa shape index (κ2) is 6.36. The van der Waals surface area contributed by atoms with Crippen molar-refractivity contribution < 1.29 is 24.2 Å². The molecule has 5 heteroatoms. The summed E-state index contributed by atoms with van der Waals surface area (Å²) in [5, 5.41) is 10.4. The molecule has 0 bridgehead atoms. The number of ether oxygens (including phenoxy) is 2. The maximum absolute atomic E-state index is 12.8. The first-order valence-corrected chi connectivity index (χ1v) is 9.14. The SMILES string of the molecule is C=C1C(=O)O[C@H]2C(=O)[C@H](C)CCCC(C)(O)/C=C\C[C@@]3(C)O[C@H]3C[C@@H]12. The zero-order valence-electron chi connectivity index (χ0n) is 15.3. The molecule has 2 saturated heterocycles. The maximum Gasteiger partial charge on any atom is 0.334 e. The third-order valence-electron chi connectivity index (χ3n) is 5.90. The highest BCUT2D eigenvalue weighted by molar-refractivity contribution is 5.98. The van der Waals surface area contributed by atoms with Crippen molar-refractivity contribution in [1.82, 2.24) is 0 Å². The van der Waals surface area contributed by atoms with Crippen molar-refractivity contribution in [3.8, 4) is 0 Å². The van der Waals surface area contributed by atoms with Gasteiger partial charge in [-0.25, -0.2) is 4.79 Å². The van der Waals surface area contributed by atoms with Gasteiger partial charge in [-0.2, -0.15) is 0 Å². The number of fused-ring (bicyclic) bond motifs is 2. The first kappa shape index (κ1) is 18.3. The molecule has 2 fully saturated rings. The smallest absolute Gasteiger partial charge is 0.334 e. The molecule has 3 rings (SSSR count). The lowest BCUT2D eigenvalue weighted by molar-refractivity contribution is -0.148. The van der Waals surface area contributed by atoms with Crippen LogP contribution in [0.5, 0.6) is 0 Å². The monoisotopic (exact) mass is 348 g/mol. The van der Waals surface area contributed by atoms with Gasteiger partial charge in [-0.1, -0.05) is 25.7 Å². The molecule has 25 heavy (non-hydrogen) atoms. The van der Waals surface area contributed by atoms with Crippen molar-refractivity contribution in [2.45, 2.75) is 76.3 Å². The number of aliphatic hydroxyl groups is 1. The number of Topliss-reactive ketones (excluding diaryl/α,β-unsaturated/α-hetero) is 1. The molecular weight excluding hydrogens is 320 g/mol. The fourth-order valence-corrected chi connectivity index (χ4v) is 3.95. The van der Waals surface area contributed by atoms with Crippen molar-refractivity contribution >= 4 is 11.8 Å². The lowest BCUT2D eigenvalue weighted by Gasteiger charge is -2.23. The molecule has 6 atom stereocenters. The summed E-state index contributed by atoms with van der Waals surface area (Å²) in [7, 11) is 0. The van der Waals surface area contributed by atoms with Gasteiger partial charge in [0.05, 0.1) is 17.3 Å². The van der Waals surface area contributed by atoms with E-state index in [1.165, 1.54) is 0 Å². The second-order valence-electron chi connectivity index (χ2n) is 8.27. The molecule has 0 amide bonds. The summed E-state index contributed by atoms with van der Waals surface area (Å²) >= 11 is 0. The molecule has 2 aliphatic heterocycles. The Kier molecular flexibility index (Phi) is 4.67. The largest absolute Gasteiger partial charge is 0.450 e. The number of esters is 1. The predicted molar refractivity (Wildman–Crippen MR) is 92.8 cm³/mol. The van der Waals surface area contributed by atoms with Crippen LogP contribution in [0.1, 0.15) is 52.9 Å². The van der Waals surface area contributed by atoms with E-state index in [9.17, 15) is 14.7 Å². The molecule has 3 aliphatic rings. The Morgan fingerprint density at radius 3 is 2.76 bits per heavy atom. The second-order valence-corrected chi connectivity index (χ2v) is 8.27. The predicted octanol–water partition coefficient (Wildman–Crippen LogP) is 2.72. The van der Waals surface area contributed by atoms with Gasteiger partial charge in [-0.3, -0.25) is 4.79 Å². The summed E-state index contributed by atoms with van der Waals surface area (Å²) in [6, 6.07) is 0. The molecular formula is C20H28O5. The van der Waals surface area contributed by atoms with Crippen LogP contribution >= 0.6 is 0 Å². The van der Waals surface area contributed by atoms with Crippen LogP contribution in [0.4, 0.5) is 0 Å². The Morgan fingerprint density at radius 1 is 1.32 bits per heavy atom. The summed E-state index contributed by atoms with van der Waals surface area (Å²) in [6.45, 7) is 9.51. The maximum atomic E-state index is 12.8. The summed E-state index contributed by atoms with van der Waals surface area (Å²) in [4.78, 5) is 24.8. The fourth-order valence-electron chi connectivity index (χ4n) is 3.95. The van der Waals surface area contributed by atoms with Crippen molar-refractivity contribution in [2.75, 3.05) is 0 Å². The lowest BCUT2D eigenvalue weighted by atomic mass is 9.82. The van der Waals surface area contributed by atoms with Crippen molar-refractivity contribution in [1.29, 1.82) is 0 Å². The normalized spacial score (nSPS) is 46.6. The molecule has 0 aromatic rings. The van der Waals surface area contributed by atoms with E-state index in [1.54, 1.807) is 6.92 Å². The Hall–Kier alpha value is -1.46. The third-order valence-corrected chi connectivity index (χ3v) is 5.90. The Morgan fingerprint density at radius 2 is 2.04 bits per heavy atom. The average Bonchev–Trinajstić information content (AvgIpc) is 3.07. The minimum Gasteiger partial charge on any atom is -0.450 e. The van der Waals surface area contributed by atoms with Gasteiger partial charge >= 0.3 is 5.97 Å². The minimum atomic E-state index is -0.885. The van der Waals surface area contributed by atoms with Gasteiger partial charge in [0.2, 0.25) is 0 Å². The van der Waals surface area contributed by atoms with E-state index in [1.807, 2.05) is 26.0 Å². The molecule has 138 valence electrons. The van der Waals surface area contributed by atoms with E-state index < -0.39 is 17.7 Å². The number of epoxide rings is 1. The van der Waals surface area contributed by atoms with Crippen LogP contribution in [-0.2, 0) is 19.1 Å². The topological polar surface area (TPSA) is 76.1 Å². The van der Waals surface area contributed by atoms with Gasteiger partial charge < -0.3 is 14.6 Å². The molecule has 0 aromatic carbocycles. The van der Waals surface area contributed by atoms with Crippen LogP contribution in [0, 0.1) is 11.8 Å². The van der Waals surface area contributed by atoms with Crippen LogP contribution < -0.4 is 0 Å². The van der Waals surface area contributed by atoms with E-state index in [-0.39, 0.29) is 29.3 Å². The summed E-state index contributed by atoms with van der Waals surface area (Å²) in [5.74, 6) is -1.04. The highest BCUT2D eigenvalue weighted by atomic mass is 16.6. The molecule has 0 aromatic heterocycles. The standard InChI is InChI=1S/C20H28O5/c1-12-7-5-8-19(3,23)9-6-10-20(4)15(25-20)11-14-13(2)18(22)24-17(14)16(12)21/h6,9,12,14-15,17,23H,2,5,7-8,10-11H2,1,3-4H3/b9-6-/t12-,14+,15+,17-,19?,20-/m1/s1. The van der Waals surface area contributed by atoms with Gasteiger partial charge in [0.25, 0.3) is 0 Å². The molecule has 5 nitrogen and oxygen atoms in total.